The molecule has 21 heavy (non-hydrogen) atoms. The minimum Gasteiger partial charge on any atom is -0.339 e. The summed E-state index contributed by atoms with van der Waals surface area (Å²) in [6, 6.07) is 5.93. The van der Waals surface area contributed by atoms with Gasteiger partial charge in [-0.1, -0.05) is 22.9 Å². The molecule has 0 aliphatic heterocycles. The molecule has 1 heterocycles. The Morgan fingerprint density at radius 1 is 1.19 bits per heavy atom. The third-order valence-electron chi connectivity index (χ3n) is 2.98. The number of nitrogens with two attached hydrogens (primary N) is 1. The fraction of sp³-hybridized carbons (Fsp3) is 0.286. The molecule has 0 aliphatic carbocycles. The van der Waals surface area contributed by atoms with E-state index in [4.69, 9.17) is 5.84 Å². The van der Waals surface area contributed by atoms with E-state index in [2.05, 4.69) is 59.5 Å². The monoisotopic (exact) mass is 413 g/mol. The summed E-state index contributed by atoms with van der Waals surface area (Å²) in [5, 5.41) is 3.33. The predicted molar refractivity (Wildman–Crippen MR) is 93.7 cm³/mol. The third-order valence-corrected chi connectivity index (χ3v) is 4.17. The van der Waals surface area contributed by atoms with Gasteiger partial charge in [-0.2, -0.15) is 0 Å². The zero-order valence-electron chi connectivity index (χ0n) is 11.9. The number of aryl methyl sites for hydroxylation is 1. The van der Waals surface area contributed by atoms with Crippen LogP contribution in [0.3, 0.4) is 0 Å². The van der Waals surface area contributed by atoms with Crippen LogP contribution in [-0.4, -0.2) is 9.97 Å². The van der Waals surface area contributed by atoms with E-state index in [-0.39, 0.29) is 0 Å². The molecule has 0 aliphatic rings. The van der Waals surface area contributed by atoms with Gasteiger partial charge in [-0.3, -0.25) is 0 Å². The maximum Gasteiger partial charge on any atom is 0.148 e. The van der Waals surface area contributed by atoms with Crippen LogP contribution in [0, 0.1) is 6.92 Å². The van der Waals surface area contributed by atoms with Crippen molar-refractivity contribution in [2.24, 2.45) is 5.84 Å². The quantitative estimate of drug-likeness (QED) is 0.502. The second kappa shape index (κ2) is 7.20. The maximum absolute atomic E-state index is 5.55. The molecule has 1 aromatic heterocycles. The number of hydrazine groups is 1. The van der Waals surface area contributed by atoms with Gasteiger partial charge in [0.1, 0.15) is 17.5 Å². The molecule has 0 unspecified atom stereocenters. The van der Waals surface area contributed by atoms with Crippen molar-refractivity contribution in [1.29, 1.82) is 0 Å². The van der Waals surface area contributed by atoms with Crippen LogP contribution in [0.25, 0.3) is 0 Å². The standard InChI is InChI=1S/C14H17Br2N5/c1-3-4-12-19-13(8(2)14(20-12)21-17)18-11-7-9(15)5-6-10(11)16/h5-7H,3-4,17H2,1-2H3,(H2,18,19,20,21). The summed E-state index contributed by atoms with van der Waals surface area (Å²) < 4.78 is 1.95. The summed E-state index contributed by atoms with van der Waals surface area (Å²) in [6.07, 6.45) is 1.79. The Labute approximate surface area is 141 Å². The maximum atomic E-state index is 5.55. The SMILES string of the molecule is CCCc1nc(NN)c(C)c(Nc2cc(Br)ccc2Br)n1. The predicted octanol–water partition coefficient (Wildman–Crippen LogP) is 4.29. The Morgan fingerprint density at radius 2 is 1.90 bits per heavy atom. The average molecular weight is 415 g/mol. The molecule has 2 rings (SSSR count). The molecule has 0 bridgehead atoms. The molecule has 0 saturated carbocycles. The Bertz CT molecular complexity index is 646. The summed E-state index contributed by atoms with van der Waals surface area (Å²) in [5.41, 5.74) is 4.44. The topological polar surface area (TPSA) is 75.9 Å². The fourth-order valence-electron chi connectivity index (χ4n) is 1.88. The lowest BCUT2D eigenvalue weighted by Crippen LogP contribution is -2.14. The van der Waals surface area contributed by atoms with Crippen LogP contribution in [-0.2, 0) is 6.42 Å². The van der Waals surface area contributed by atoms with Crippen LogP contribution in [0.15, 0.2) is 27.1 Å². The van der Waals surface area contributed by atoms with E-state index >= 15 is 0 Å². The smallest absolute Gasteiger partial charge is 0.148 e. The van der Waals surface area contributed by atoms with Crippen LogP contribution >= 0.6 is 31.9 Å². The van der Waals surface area contributed by atoms with Gasteiger partial charge in [0.2, 0.25) is 0 Å². The zero-order chi connectivity index (χ0) is 15.4. The number of hydrogen-bond acceptors (Lipinski definition) is 5. The lowest BCUT2D eigenvalue weighted by atomic mass is 10.2. The van der Waals surface area contributed by atoms with E-state index in [1.807, 2.05) is 25.1 Å². The molecule has 0 amide bonds. The molecule has 0 fully saturated rings. The second-order valence-corrected chi connectivity index (χ2v) is 6.38. The first-order valence-electron chi connectivity index (χ1n) is 6.61. The summed E-state index contributed by atoms with van der Waals surface area (Å²) in [4.78, 5) is 9.00. The van der Waals surface area contributed by atoms with Gasteiger partial charge in [0.05, 0.1) is 5.69 Å². The van der Waals surface area contributed by atoms with E-state index in [9.17, 15) is 0 Å². The molecule has 7 heteroatoms. The van der Waals surface area contributed by atoms with Gasteiger partial charge in [0.25, 0.3) is 0 Å². The highest BCUT2D eigenvalue weighted by Gasteiger charge is 2.11. The van der Waals surface area contributed by atoms with Crippen molar-refractivity contribution >= 4 is 49.2 Å². The number of nitrogen functional groups attached to an aromatic ring is 1. The van der Waals surface area contributed by atoms with Crippen molar-refractivity contribution in [2.75, 3.05) is 10.7 Å². The molecule has 4 N–H and O–H groups in total. The largest absolute Gasteiger partial charge is 0.339 e. The molecular formula is C14H17Br2N5. The van der Waals surface area contributed by atoms with Crippen LogP contribution < -0.4 is 16.6 Å². The Morgan fingerprint density at radius 3 is 2.57 bits per heavy atom. The van der Waals surface area contributed by atoms with E-state index < -0.39 is 0 Å². The van der Waals surface area contributed by atoms with Gasteiger partial charge in [-0.25, -0.2) is 15.8 Å². The first kappa shape index (κ1) is 16.2. The number of anilines is 3. The molecule has 1 aromatic carbocycles. The second-order valence-electron chi connectivity index (χ2n) is 4.61. The minimum atomic E-state index is 0.641. The van der Waals surface area contributed by atoms with Gasteiger partial charge in [0, 0.05) is 20.9 Å². The van der Waals surface area contributed by atoms with Crippen molar-refractivity contribution in [1.82, 2.24) is 9.97 Å². The van der Waals surface area contributed by atoms with E-state index in [1.54, 1.807) is 0 Å². The summed E-state index contributed by atoms with van der Waals surface area (Å²) in [5.74, 6) is 7.71. The molecule has 0 atom stereocenters. The van der Waals surface area contributed by atoms with Crippen molar-refractivity contribution in [3.63, 3.8) is 0 Å². The molecular weight excluding hydrogens is 398 g/mol. The fourth-order valence-corrected chi connectivity index (χ4v) is 2.59. The van der Waals surface area contributed by atoms with Crippen LogP contribution in [0.1, 0.15) is 24.7 Å². The molecule has 0 radical (unpaired) electrons. The van der Waals surface area contributed by atoms with E-state index in [0.29, 0.717) is 5.82 Å². The summed E-state index contributed by atoms with van der Waals surface area (Å²) in [6.45, 7) is 4.02. The number of aromatic nitrogens is 2. The first-order chi connectivity index (χ1) is 10.0. The van der Waals surface area contributed by atoms with Crippen LogP contribution in [0.5, 0.6) is 0 Å². The number of nitrogens with zero attached hydrogens (tertiary/aromatic N) is 2. The molecule has 2 aromatic rings. The van der Waals surface area contributed by atoms with E-state index in [0.717, 1.165) is 44.7 Å². The minimum absolute atomic E-state index is 0.641. The van der Waals surface area contributed by atoms with Gasteiger partial charge >= 0.3 is 0 Å². The van der Waals surface area contributed by atoms with Gasteiger partial charge in [-0.15, -0.1) is 0 Å². The molecule has 5 nitrogen and oxygen atoms in total. The lowest BCUT2D eigenvalue weighted by Gasteiger charge is -2.14. The highest BCUT2D eigenvalue weighted by molar-refractivity contribution is 9.11. The van der Waals surface area contributed by atoms with Crippen LogP contribution in [0.2, 0.25) is 0 Å². The normalized spacial score (nSPS) is 10.5. The Hall–Kier alpha value is -1.18. The zero-order valence-corrected chi connectivity index (χ0v) is 15.0. The molecule has 0 saturated heterocycles. The number of rotatable bonds is 5. The summed E-state index contributed by atoms with van der Waals surface area (Å²) >= 11 is 7.00. The van der Waals surface area contributed by atoms with Gasteiger partial charge in [0.15, 0.2) is 0 Å². The Kier molecular flexibility index (Phi) is 5.55. The van der Waals surface area contributed by atoms with Crippen LogP contribution in [0.4, 0.5) is 17.3 Å². The third kappa shape index (κ3) is 3.93. The number of halogens is 2. The Balaban J connectivity index is 2.42. The molecule has 112 valence electrons. The number of benzene rings is 1. The van der Waals surface area contributed by atoms with E-state index in [1.165, 1.54) is 0 Å². The number of nitrogens with one attached hydrogen (secondary N) is 2. The highest BCUT2D eigenvalue weighted by atomic mass is 79.9. The lowest BCUT2D eigenvalue weighted by molar-refractivity contribution is 0.833. The van der Waals surface area contributed by atoms with Crippen molar-refractivity contribution in [3.8, 4) is 0 Å². The highest BCUT2D eigenvalue weighted by Crippen LogP contribution is 2.30. The average Bonchev–Trinajstić information content (AvgIpc) is 2.46. The van der Waals surface area contributed by atoms with Crippen molar-refractivity contribution in [2.45, 2.75) is 26.7 Å². The first-order valence-corrected chi connectivity index (χ1v) is 8.20. The van der Waals surface area contributed by atoms with Crippen molar-refractivity contribution < 1.29 is 0 Å². The van der Waals surface area contributed by atoms with Gasteiger partial charge < -0.3 is 10.7 Å². The number of hydrogen-bond donors (Lipinski definition) is 3. The molecule has 0 spiro atoms. The van der Waals surface area contributed by atoms with Crippen molar-refractivity contribution in [3.05, 3.63) is 38.5 Å². The summed E-state index contributed by atoms with van der Waals surface area (Å²) in [7, 11) is 0. The van der Waals surface area contributed by atoms with Gasteiger partial charge in [-0.05, 0) is 47.5 Å².